The third kappa shape index (κ3) is 4.00. The fourth-order valence-corrected chi connectivity index (χ4v) is 5.20. The predicted octanol–water partition coefficient (Wildman–Crippen LogP) is 6.10. The fourth-order valence-electron chi connectivity index (χ4n) is 3.81. The van der Waals surface area contributed by atoms with Crippen LogP contribution in [0.5, 0.6) is 0 Å². The van der Waals surface area contributed by atoms with Crippen LogP contribution in [0.3, 0.4) is 0 Å². The lowest BCUT2D eigenvalue weighted by molar-refractivity contribution is 0.0703. The van der Waals surface area contributed by atoms with Crippen molar-refractivity contribution in [2.75, 3.05) is 0 Å². The predicted molar refractivity (Wildman–Crippen MR) is 117 cm³/mol. The number of carbonyl (C=O) groups excluding carboxylic acids is 1. The van der Waals surface area contributed by atoms with Gasteiger partial charge in [-0.05, 0) is 42.5 Å². The molecule has 1 heterocycles. The zero-order valence-electron chi connectivity index (χ0n) is 16.1. The number of thioether (sulfide) groups is 1. The SMILES string of the molecule is C[C@H](CCc1ccccc1)N1C(=O)c2ccccc2[C@H]1SCc1ccccc1. The molecule has 0 spiro atoms. The molecule has 3 heteroatoms. The Hall–Kier alpha value is -2.52. The quantitative estimate of drug-likeness (QED) is 0.488. The second-order valence-corrected chi connectivity index (χ2v) is 8.39. The second-order valence-electron chi connectivity index (χ2n) is 7.32. The molecule has 142 valence electrons. The molecule has 0 N–H and O–H groups in total. The van der Waals surface area contributed by atoms with Crippen molar-refractivity contribution in [1.29, 1.82) is 0 Å². The minimum atomic E-state index is 0.0784. The van der Waals surface area contributed by atoms with Crippen LogP contribution in [0.4, 0.5) is 0 Å². The number of rotatable bonds is 7. The molecule has 0 bridgehead atoms. The van der Waals surface area contributed by atoms with Crippen molar-refractivity contribution >= 4 is 17.7 Å². The van der Waals surface area contributed by atoms with Gasteiger partial charge in [-0.25, -0.2) is 0 Å². The number of hydrogen-bond donors (Lipinski definition) is 0. The van der Waals surface area contributed by atoms with E-state index in [4.69, 9.17) is 0 Å². The smallest absolute Gasteiger partial charge is 0.255 e. The number of fused-ring (bicyclic) bond motifs is 1. The maximum atomic E-state index is 13.2. The molecule has 2 atom stereocenters. The molecule has 0 saturated heterocycles. The summed E-state index contributed by atoms with van der Waals surface area (Å²) in [5, 5.41) is 0.0784. The Morgan fingerprint density at radius 1 is 0.857 bits per heavy atom. The molecule has 3 aromatic rings. The van der Waals surface area contributed by atoms with Crippen molar-refractivity contribution in [2.24, 2.45) is 0 Å². The van der Waals surface area contributed by atoms with Gasteiger partial charge in [-0.1, -0.05) is 78.9 Å². The van der Waals surface area contributed by atoms with Crippen LogP contribution < -0.4 is 0 Å². The van der Waals surface area contributed by atoms with Crippen molar-refractivity contribution < 1.29 is 4.79 Å². The van der Waals surface area contributed by atoms with E-state index in [1.165, 1.54) is 11.1 Å². The Morgan fingerprint density at radius 2 is 1.46 bits per heavy atom. The summed E-state index contributed by atoms with van der Waals surface area (Å²) in [5.74, 6) is 1.07. The van der Waals surface area contributed by atoms with Crippen LogP contribution in [-0.2, 0) is 12.2 Å². The van der Waals surface area contributed by atoms with Gasteiger partial charge in [0.2, 0.25) is 0 Å². The van der Waals surface area contributed by atoms with Gasteiger partial charge in [-0.2, -0.15) is 0 Å². The Kier molecular flexibility index (Phi) is 5.82. The third-order valence-electron chi connectivity index (χ3n) is 5.36. The number of hydrogen-bond acceptors (Lipinski definition) is 2. The zero-order chi connectivity index (χ0) is 19.3. The molecule has 1 amide bonds. The van der Waals surface area contributed by atoms with Gasteiger partial charge in [0.25, 0.3) is 5.91 Å². The van der Waals surface area contributed by atoms with Gasteiger partial charge < -0.3 is 4.90 Å². The van der Waals surface area contributed by atoms with E-state index in [1.807, 2.05) is 42.1 Å². The third-order valence-corrected chi connectivity index (χ3v) is 6.66. The summed E-state index contributed by atoms with van der Waals surface area (Å²) in [7, 11) is 0. The first kappa shape index (κ1) is 18.8. The molecule has 3 aromatic carbocycles. The van der Waals surface area contributed by atoms with E-state index < -0.39 is 0 Å². The summed E-state index contributed by atoms with van der Waals surface area (Å²) in [6.07, 6.45) is 1.95. The number of aryl methyl sites for hydroxylation is 1. The minimum Gasteiger partial charge on any atom is -0.320 e. The Bertz CT molecular complexity index is 926. The topological polar surface area (TPSA) is 20.3 Å². The molecule has 28 heavy (non-hydrogen) atoms. The zero-order valence-corrected chi connectivity index (χ0v) is 16.9. The van der Waals surface area contributed by atoms with Crippen LogP contribution in [0.1, 0.15) is 45.8 Å². The Morgan fingerprint density at radius 3 is 2.18 bits per heavy atom. The van der Waals surface area contributed by atoms with Gasteiger partial charge in [0, 0.05) is 17.4 Å². The van der Waals surface area contributed by atoms with E-state index in [-0.39, 0.29) is 17.3 Å². The molecule has 1 aliphatic rings. The van der Waals surface area contributed by atoms with Crippen molar-refractivity contribution in [1.82, 2.24) is 4.90 Å². The minimum absolute atomic E-state index is 0.0784. The van der Waals surface area contributed by atoms with Gasteiger partial charge in [-0.3, -0.25) is 4.79 Å². The lowest BCUT2D eigenvalue weighted by Gasteiger charge is -2.31. The molecular formula is C25H25NOS. The summed E-state index contributed by atoms with van der Waals surface area (Å²) in [4.78, 5) is 15.3. The molecule has 2 nitrogen and oxygen atoms in total. The van der Waals surface area contributed by atoms with Gasteiger partial charge in [0.15, 0.2) is 0 Å². The lowest BCUT2D eigenvalue weighted by atomic mass is 10.1. The molecule has 1 aliphatic heterocycles. The Labute approximate surface area is 171 Å². The highest BCUT2D eigenvalue weighted by Gasteiger charge is 2.39. The van der Waals surface area contributed by atoms with Crippen LogP contribution in [0.25, 0.3) is 0 Å². The lowest BCUT2D eigenvalue weighted by Crippen LogP contribution is -2.35. The van der Waals surface area contributed by atoms with Crippen LogP contribution >= 0.6 is 11.8 Å². The maximum Gasteiger partial charge on any atom is 0.255 e. The molecule has 0 aliphatic carbocycles. The van der Waals surface area contributed by atoms with E-state index in [2.05, 4.69) is 66.4 Å². The van der Waals surface area contributed by atoms with E-state index in [0.717, 1.165) is 29.7 Å². The van der Waals surface area contributed by atoms with Crippen LogP contribution in [0.15, 0.2) is 84.9 Å². The number of benzene rings is 3. The molecule has 0 fully saturated rings. The number of nitrogens with zero attached hydrogens (tertiary/aromatic N) is 1. The van der Waals surface area contributed by atoms with E-state index in [0.29, 0.717) is 0 Å². The van der Waals surface area contributed by atoms with Crippen molar-refractivity contribution in [3.63, 3.8) is 0 Å². The van der Waals surface area contributed by atoms with E-state index >= 15 is 0 Å². The van der Waals surface area contributed by atoms with Crippen molar-refractivity contribution in [3.8, 4) is 0 Å². The van der Waals surface area contributed by atoms with Crippen LogP contribution in [0.2, 0.25) is 0 Å². The monoisotopic (exact) mass is 387 g/mol. The van der Waals surface area contributed by atoms with Gasteiger partial charge in [0.05, 0.1) is 0 Å². The van der Waals surface area contributed by atoms with Gasteiger partial charge in [0.1, 0.15) is 5.37 Å². The molecule has 0 radical (unpaired) electrons. The fraction of sp³-hybridized carbons (Fsp3) is 0.240. The first-order valence-electron chi connectivity index (χ1n) is 9.85. The number of amides is 1. The summed E-state index contributed by atoms with van der Waals surface area (Å²) in [5.41, 5.74) is 4.63. The summed E-state index contributed by atoms with van der Waals surface area (Å²) in [6.45, 7) is 2.18. The summed E-state index contributed by atoms with van der Waals surface area (Å²) in [6, 6.07) is 29.3. The maximum absolute atomic E-state index is 13.2. The van der Waals surface area contributed by atoms with Gasteiger partial charge >= 0.3 is 0 Å². The number of carbonyl (C=O) groups is 1. The van der Waals surface area contributed by atoms with Gasteiger partial charge in [-0.15, -0.1) is 11.8 Å². The largest absolute Gasteiger partial charge is 0.320 e. The molecule has 0 saturated carbocycles. The molecule has 4 rings (SSSR count). The standard InChI is InChI=1S/C25H25NOS/c1-19(16-17-20-10-4-2-5-11-20)26-24(27)22-14-8-9-15-23(22)25(26)28-18-21-12-6-3-7-13-21/h2-15,19,25H,16-18H2,1H3/t19-,25-/m1/s1. The highest BCUT2D eigenvalue weighted by molar-refractivity contribution is 7.98. The van der Waals surface area contributed by atoms with Crippen molar-refractivity contribution in [2.45, 2.75) is 36.9 Å². The first-order chi connectivity index (χ1) is 13.7. The highest BCUT2D eigenvalue weighted by atomic mass is 32.2. The first-order valence-corrected chi connectivity index (χ1v) is 10.9. The normalized spacial score (nSPS) is 16.8. The highest BCUT2D eigenvalue weighted by Crippen LogP contribution is 2.44. The molecule has 0 unspecified atom stereocenters. The van der Waals surface area contributed by atoms with Crippen LogP contribution in [-0.4, -0.2) is 16.8 Å². The van der Waals surface area contributed by atoms with E-state index in [9.17, 15) is 4.79 Å². The van der Waals surface area contributed by atoms with Crippen LogP contribution in [0, 0.1) is 0 Å². The molecular weight excluding hydrogens is 362 g/mol. The second kappa shape index (κ2) is 8.66. The summed E-state index contributed by atoms with van der Waals surface area (Å²) >= 11 is 1.85. The van der Waals surface area contributed by atoms with E-state index in [1.54, 1.807) is 0 Å². The average Bonchev–Trinajstić information content (AvgIpc) is 3.04. The average molecular weight is 388 g/mol. The Balaban J connectivity index is 1.52. The summed E-state index contributed by atoms with van der Waals surface area (Å²) < 4.78 is 0. The van der Waals surface area contributed by atoms with Crippen molar-refractivity contribution in [3.05, 3.63) is 107 Å². The molecule has 0 aromatic heterocycles.